The smallest absolute Gasteiger partial charge is 0.328 e. The first-order chi connectivity index (χ1) is 21.9. The van der Waals surface area contributed by atoms with Crippen molar-refractivity contribution >= 4 is 35.3 Å². The number of aryl methyl sites for hydroxylation is 2. The third-order valence-electron chi connectivity index (χ3n) is 8.54. The van der Waals surface area contributed by atoms with Crippen LogP contribution in [0.4, 0.5) is 17.5 Å². The number of carbonyl (C=O) groups is 3. The monoisotopic (exact) mass is 615 g/mol. The molecule has 1 fully saturated rings. The minimum atomic E-state index is -1.19. The summed E-state index contributed by atoms with van der Waals surface area (Å²) in [4.78, 5) is 52.5. The van der Waals surface area contributed by atoms with Gasteiger partial charge in [0, 0.05) is 55.3 Å². The van der Waals surface area contributed by atoms with E-state index in [1.54, 1.807) is 24.3 Å². The summed E-state index contributed by atoms with van der Waals surface area (Å²) >= 11 is 0. The lowest BCUT2D eigenvalue weighted by atomic mass is 9.92. The molecule has 0 aliphatic carbocycles. The molecule has 1 atom stereocenters. The number of hydrogen-bond acceptors (Lipinski definition) is 10. The molecule has 0 unspecified atom stereocenters. The number of benzene rings is 1. The normalized spacial score (nSPS) is 15.4. The molecule has 2 aliphatic heterocycles. The van der Waals surface area contributed by atoms with Crippen molar-refractivity contribution in [3.63, 3.8) is 0 Å². The van der Waals surface area contributed by atoms with E-state index >= 15 is 0 Å². The third-order valence-corrected chi connectivity index (χ3v) is 8.54. The quantitative estimate of drug-likeness (QED) is 0.221. The third kappa shape index (κ3) is 7.86. The maximum atomic E-state index is 12.9. The molecule has 0 radical (unpaired) electrons. The summed E-state index contributed by atoms with van der Waals surface area (Å²) in [6, 6.07) is 9.91. The first-order valence-electron chi connectivity index (χ1n) is 15.6. The lowest BCUT2D eigenvalue weighted by molar-refractivity contribution is -0.140. The molecule has 1 saturated heterocycles. The van der Waals surface area contributed by atoms with Crippen LogP contribution in [-0.4, -0.2) is 77.2 Å². The fraction of sp³-hybridized carbons (Fsp3) is 0.455. The first kappa shape index (κ1) is 31.7. The summed E-state index contributed by atoms with van der Waals surface area (Å²) in [5.74, 6) is 0.842. The molecule has 0 bridgehead atoms. The number of aliphatic carboxylic acids is 1. The Labute approximate surface area is 263 Å². The van der Waals surface area contributed by atoms with Crippen LogP contribution in [0.2, 0.25) is 0 Å². The summed E-state index contributed by atoms with van der Waals surface area (Å²) in [6.45, 7) is 4.60. The zero-order chi connectivity index (χ0) is 31.8. The van der Waals surface area contributed by atoms with E-state index in [1.807, 2.05) is 6.92 Å². The van der Waals surface area contributed by atoms with E-state index in [4.69, 9.17) is 4.98 Å². The van der Waals surface area contributed by atoms with Crippen LogP contribution in [0.3, 0.4) is 0 Å². The second-order valence-corrected chi connectivity index (χ2v) is 11.4. The number of fused-ring (bicyclic) bond motifs is 1. The van der Waals surface area contributed by atoms with Gasteiger partial charge >= 0.3 is 11.9 Å². The van der Waals surface area contributed by atoms with Gasteiger partial charge in [-0.1, -0.05) is 25.1 Å². The Morgan fingerprint density at radius 2 is 1.89 bits per heavy atom. The van der Waals surface area contributed by atoms with Gasteiger partial charge in [-0.3, -0.25) is 9.59 Å². The van der Waals surface area contributed by atoms with Crippen molar-refractivity contribution in [1.29, 1.82) is 0 Å². The van der Waals surface area contributed by atoms with Gasteiger partial charge in [0.15, 0.2) is 0 Å². The van der Waals surface area contributed by atoms with E-state index in [1.165, 1.54) is 19.0 Å². The fourth-order valence-corrected chi connectivity index (χ4v) is 5.92. The average Bonchev–Trinajstić information content (AvgIpc) is 3.08. The second kappa shape index (κ2) is 14.8. The first-order valence-corrected chi connectivity index (χ1v) is 15.6. The molecule has 4 N–H and O–H groups in total. The molecular weight excluding hydrogens is 574 g/mol. The second-order valence-electron chi connectivity index (χ2n) is 11.4. The molecule has 2 aliphatic rings. The number of nitrogens with zero attached hydrogens (tertiary/aromatic N) is 4. The summed E-state index contributed by atoms with van der Waals surface area (Å²) < 4.78 is 4.66. The summed E-state index contributed by atoms with van der Waals surface area (Å²) in [5, 5.41) is 19.0. The molecule has 1 amide bonds. The number of carbonyl (C=O) groups excluding carboxylic acids is 2. The van der Waals surface area contributed by atoms with Crippen LogP contribution in [0, 0.1) is 0 Å². The Morgan fingerprint density at radius 1 is 1.11 bits per heavy atom. The number of esters is 1. The fourth-order valence-electron chi connectivity index (χ4n) is 5.92. The van der Waals surface area contributed by atoms with Crippen LogP contribution in [0.1, 0.15) is 71.3 Å². The van der Waals surface area contributed by atoms with Crippen LogP contribution in [0.15, 0.2) is 42.7 Å². The Morgan fingerprint density at radius 3 is 2.60 bits per heavy atom. The van der Waals surface area contributed by atoms with Crippen molar-refractivity contribution in [3.8, 4) is 0 Å². The van der Waals surface area contributed by atoms with E-state index in [-0.39, 0.29) is 18.9 Å². The minimum Gasteiger partial charge on any atom is -0.480 e. The summed E-state index contributed by atoms with van der Waals surface area (Å²) in [6.07, 6.45) is 7.01. The standard InChI is InChI=1S/C33H41N7O5/c1-3-25-30(35-19-27(33(43)44)39-32(42)24-9-6-21(7-10-24)8-13-28(41)45-2)36-20-37-31(25)40-17-14-22(15-18-40)26-12-11-23-5-4-16-34-29(23)38-26/h6-7,9-12,20,22,27H,3-5,8,13-19H2,1-2H3,(H,34,38)(H,39,42)(H,43,44)(H,35,36,37)/t27-/m0/s1. The number of ether oxygens (including phenoxy) is 1. The number of hydrogen-bond donors (Lipinski definition) is 4. The molecule has 2 aromatic heterocycles. The van der Waals surface area contributed by atoms with Crippen LogP contribution in [0.5, 0.6) is 0 Å². The molecule has 238 valence electrons. The highest BCUT2D eigenvalue weighted by atomic mass is 16.5. The largest absolute Gasteiger partial charge is 0.480 e. The molecule has 3 aromatic rings. The SMILES string of the molecule is CCc1c(NC[C@H](NC(=O)c2ccc(CCC(=O)OC)cc2)C(=O)O)ncnc1N1CCC(c2ccc3c(n2)NCCC3)CC1. The average molecular weight is 616 g/mol. The highest BCUT2D eigenvalue weighted by Gasteiger charge is 2.27. The number of carboxylic acid groups (broad SMARTS) is 1. The maximum absolute atomic E-state index is 12.9. The zero-order valence-corrected chi connectivity index (χ0v) is 25.8. The number of rotatable bonds is 12. The van der Waals surface area contributed by atoms with Gasteiger partial charge < -0.3 is 30.7 Å². The minimum absolute atomic E-state index is 0.0537. The topological polar surface area (TPSA) is 159 Å². The van der Waals surface area contributed by atoms with E-state index in [2.05, 4.69) is 47.7 Å². The van der Waals surface area contributed by atoms with Gasteiger partial charge in [-0.05, 0) is 67.9 Å². The van der Waals surface area contributed by atoms with Crippen molar-refractivity contribution < 1.29 is 24.2 Å². The zero-order valence-electron chi connectivity index (χ0n) is 25.8. The molecule has 12 nitrogen and oxygen atoms in total. The van der Waals surface area contributed by atoms with Gasteiger partial charge in [-0.2, -0.15) is 0 Å². The van der Waals surface area contributed by atoms with Gasteiger partial charge in [0.2, 0.25) is 0 Å². The van der Waals surface area contributed by atoms with Crippen LogP contribution >= 0.6 is 0 Å². The maximum Gasteiger partial charge on any atom is 0.328 e. The van der Waals surface area contributed by atoms with Crippen molar-refractivity contribution in [2.24, 2.45) is 0 Å². The molecular formula is C33H41N7O5. The highest BCUT2D eigenvalue weighted by molar-refractivity contribution is 5.96. The molecule has 5 rings (SSSR count). The predicted octanol–water partition coefficient (Wildman–Crippen LogP) is 3.58. The number of nitrogens with one attached hydrogen (secondary N) is 3. The lowest BCUT2D eigenvalue weighted by Crippen LogP contribution is -2.45. The Bertz CT molecular complexity index is 1510. The molecule has 1 aromatic carbocycles. The van der Waals surface area contributed by atoms with Crippen LogP contribution < -0.4 is 20.9 Å². The van der Waals surface area contributed by atoms with Crippen LogP contribution in [-0.2, 0) is 33.6 Å². The number of methoxy groups -OCH3 is 1. The van der Waals surface area contributed by atoms with E-state index in [0.717, 1.165) is 73.8 Å². The number of pyridine rings is 1. The molecule has 45 heavy (non-hydrogen) atoms. The van der Waals surface area contributed by atoms with E-state index in [0.29, 0.717) is 30.1 Å². The molecule has 4 heterocycles. The number of anilines is 3. The number of carboxylic acids is 1. The van der Waals surface area contributed by atoms with Crippen molar-refractivity contribution in [2.45, 2.75) is 63.8 Å². The van der Waals surface area contributed by atoms with E-state index < -0.39 is 17.9 Å². The van der Waals surface area contributed by atoms with Crippen molar-refractivity contribution in [3.05, 3.63) is 70.7 Å². The van der Waals surface area contributed by atoms with Crippen LogP contribution in [0.25, 0.3) is 0 Å². The van der Waals surface area contributed by atoms with Gasteiger partial charge in [-0.15, -0.1) is 0 Å². The van der Waals surface area contributed by atoms with E-state index in [9.17, 15) is 19.5 Å². The number of aromatic nitrogens is 3. The van der Waals surface area contributed by atoms with Crippen molar-refractivity contribution in [1.82, 2.24) is 20.3 Å². The highest BCUT2D eigenvalue weighted by Crippen LogP contribution is 2.33. The predicted molar refractivity (Wildman–Crippen MR) is 171 cm³/mol. The number of piperidine rings is 1. The molecule has 0 spiro atoms. The summed E-state index contributed by atoms with van der Waals surface area (Å²) in [7, 11) is 1.34. The molecule has 12 heteroatoms. The lowest BCUT2D eigenvalue weighted by Gasteiger charge is -2.34. The van der Waals surface area contributed by atoms with Gasteiger partial charge in [0.05, 0.1) is 7.11 Å². The van der Waals surface area contributed by atoms with Gasteiger partial charge in [-0.25, -0.2) is 19.7 Å². The Kier molecular flexibility index (Phi) is 10.4. The molecule has 0 saturated carbocycles. The summed E-state index contributed by atoms with van der Waals surface area (Å²) in [5.41, 5.74) is 4.54. The van der Waals surface area contributed by atoms with Gasteiger partial charge in [0.1, 0.15) is 29.8 Å². The van der Waals surface area contributed by atoms with Crippen molar-refractivity contribution in [2.75, 3.05) is 48.8 Å². The Balaban J connectivity index is 1.19. The van der Waals surface area contributed by atoms with Gasteiger partial charge in [0.25, 0.3) is 5.91 Å². The Hall–Kier alpha value is -4.74. The number of amides is 1.